The fourth-order valence-corrected chi connectivity index (χ4v) is 5.53. The second-order valence-corrected chi connectivity index (χ2v) is 9.65. The zero-order chi connectivity index (χ0) is 24.0. The molecule has 1 aromatic carbocycles. The zero-order valence-corrected chi connectivity index (χ0v) is 17.6. The standard InChI is InChI=1S/C19H24F5O6P/c1-2-3-4-5-6-14(11(18(27)28)7-10-15(25)26)31(29,30)19(23,24)12-8-9-13(20)17(22)16(12)21/h8-9,11,14H,2-7,10H2,1H3,(H,25,26)(H,27,28)(H,29,30). The number of hydrogen-bond donors (Lipinski definition) is 3. The van der Waals surface area contributed by atoms with Gasteiger partial charge >= 0.3 is 17.6 Å². The number of halogens is 5. The molecular weight excluding hydrogens is 450 g/mol. The Kier molecular flexibility index (Phi) is 9.63. The van der Waals surface area contributed by atoms with Gasteiger partial charge in [0.2, 0.25) is 0 Å². The van der Waals surface area contributed by atoms with Crippen molar-refractivity contribution in [2.45, 2.75) is 63.2 Å². The Hall–Kier alpha value is -2.00. The van der Waals surface area contributed by atoms with Crippen LogP contribution in [0.3, 0.4) is 0 Å². The third-order valence-electron chi connectivity index (χ3n) is 5.02. The highest BCUT2D eigenvalue weighted by atomic mass is 31.2. The fourth-order valence-electron chi connectivity index (χ4n) is 3.30. The van der Waals surface area contributed by atoms with Crippen LogP contribution in [0.2, 0.25) is 0 Å². The smallest absolute Gasteiger partial charge is 0.349 e. The average molecular weight is 474 g/mol. The minimum absolute atomic E-state index is 0.0796. The molecule has 6 nitrogen and oxygen atoms in total. The maximum Gasteiger partial charge on any atom is 0.349 e. The van der Waals surface area contributed by atoms with Crippen molar-refractivity contribution < 1.29 is 51.2 Å². The number of carboxylic acids is 2. The number of unbranched alkanes of at least 4 members (excludes halogenated alkanes) is 3. The molecule has 0 heterocycles. The number of aliphatic carboxylic acids is 2. The number of carbonyl (C=O) groups is 2. The van der Waals surface area contributed by atoms with Gasteiger partial charge in [0.15, 0.2) is 17.5 Å². The van der Waals surface area contributed by atoms with E-state index < -0.39 is 78.8 Å². The molecule has 31 heavy (non-hydrogen) atoms. The summed E-state index contributed by atoms with van der Waals surface area (Å²) in [6.07, 6.45) is -0.120. The Labute approximate surface area is 175 Å². The Morgan fingerprint density at radius 3 is 2.16 bits per heavy atom. The quantitative estimate of drug-likeness (QED) is 0.154. The molecule has 0 saturated heterocycles. The van der Waals surface area contributed by atoms with Crippen LogP contribution in [0.5, 0.6) is 0 Å². The predicted molar refractivity (Wildman–Crippen MR) is 101 cm³/mol. The van der Waals surface area contributed by atoms with Gasteiger partial charge < -0.3 is 15.1 Å². The van der Waals surface area contributed by atoms with Gasteiger partial charge in [0, 0.05) is 6.42 Å². The van der Waals surface area contributed by atoms with Gasteiger partial charge in [-0.25, -0.2) is 13.2 Å². The zero-order valence-electron chi connectivity index (χ0n) is 16.7. The van der Waals surface area contributed by atoms with Crippen molar-refractivity contribution in [2.24, 2.45) is 5.92 Å². The summed E-state index contributed by atoms with van der Waals surface area (Å²) in [4.78, 5) is 32.9. The van der Waals surface area contributed by atoms with Gasteiger partial charge in [-0.2, -0.15) is 8.78 Å². The number of carboxylic acid groups (broad SMARTS) is 2. The van der Waals surface area contributed by atoms with E-state index in [4.69, 9.17) is 5.11 Å². The Morgan fingerprint density at radius 2 is 1.65 bits per heavy atom. The minimum atomic E-state index is -5.94. The first-order chi connectivity index (χ1) is 14.3. The van der Waals surface area contributed by atoms with E-state index in [0.717, 1.165) is 6.42 Å². The topological polar surface area (TPSA) is 112 Å². The maximum atomic E-state index is 15.0. The molecule has 12 heteroatoms. The lowest BCUT2D eigenvalue weighted by Crippen LogP contribution is -2.34. The van der Waals surface area contributed by atoms with Gasteiger partial charge in [-0.3, -0.25) is 14.2 Å². The monoisotopic (exact) mass is 474 g/mol. The molecule has 0 aromatic heterocycles. The third kappa shape index (κ3) is 6.26. The molecule has 1 aromatic rings. The molecule has 3 unspecified atom stereocenters. The van der Waals surface area contributed by atoms with Crippen LogP contribution in [0.25, 0.3) is 0 Å². The van der Waals surface area contributed by atoms with Crippen LogP contribution in [0.1, 0.15) is 57.4 Å². The summed E-state index contributed by atoms with van der Waals surface area (Å²) in [5.41, 5.74) is -8.96. The normalized spacial score (nSPS) is 15.8. The lowest BCUT2D eigenvalue weighted by molar-refractivity contribution is -0.143. The summed E-state index contributed by atoms with van der Waals surface area (Å²) in [6.45, 7) is 1.83. The molecule has 3 N–H and O–H groups in total. The van der Waals surface area contributed by atoms with Gasteiger partial charge in [-0.1, -0.05) is 32.6 Å². The summed E-state index contributed by atoms with van der Waals surface area (Å²) in [5.74, 6) is -11.6. The third-order valence-corrected chi connectivity index (χ3v) is 7.58. The molecule has 0 bridgehead atoms. The van der Waals surface area contributed by atoms with E-state index in [-0.39, 0.29) is 18.6 Å². The van der Waals surface area contributed by atoms with Crippen molar-refractivity contribution >= 4 is 19.3 Å². The molecule has 0 fully saturated rings. The Bertz CT molecular complexity index is 847. The van der Waals surface area contributed by atoms with Gasteiger partial charge in [-0.15, -0.1) is 0 Å². The SMILES string of the molecule is CCCCCCC(C(CCC(=O)O)C(=O)O)P(=O)(O)C(F)(F)c1ccc(F)c(F)c1F. The van der Waals surface area contributed by atoms with Crippen molar-refractivity contribution in [2.75, 3.05) is 0 Å². The van der Waals surface area contributed by atoms with Crippen molar-refractivity contribution in [3.8, 4) is 0 Å². The molecule has 0 spiro atoms. The summed E-state index contributed by atoms with van der Waals surface area (Å²) in [6, 6.07) is 0.287. The van der Waals surface area contributed by atoms with E-state index in [0.29, 0.717) is 12.8 Å². The van der Waals surface area contributed by atoms with Crippen LogP contribution in [0.4, 0.5) is 22.0 Å². The van der Waals surface area contributed by atoms with Gasteiger partial charge in [0.25, 0.3) is 7.37 Å². The van der Waals surface area contributed by atoms with Crippen LogP contribution in [0.15, 0.2) is 12.1 Å². The van der Waals surface area contributed by atoms with E-state index in [1.165, 1.54) is 0 Å². The van der Waals surface area contributed by atoms with E-state index in [1.54, 1.807) is 0 Å². The summed E-state index contributed by atoms with van der Waals surface area (Å²) in [7, 11) is -5.94. The lowest BCUT2D eigenvalue weighted by atomic mass is 9.95. The molecule has 0 saturated carbocycles. The lowest BCUT2D eigenvalue weighted by Gasteiger charge is -2.33. The van der Waals surface area contributed by atoms with Crippen LogP contribution < -0.4 is 0 Å². The molecule has 0 aliphatic rings. The van der Waals surface area contributed by atoms with Gasteiger partial charge in [0.05, 0.1) is 17.1 Å². The van der Waals surface area contributed by atoms with E-state index in [2.05, 4.69) is 0 Å². The predicted octanol–water partition coefficient (Wildman–Crippen LogP) is 5.33. The van der Waals surface area contributed by atoms with Crippen LogP contribution in [-0.2, 0) is 19.8 Å². The average Bonchev–Trinajstić information content (AvgIpc) is 2.66. The summed E-state index contributed by atoms with van der Waals surface area (Å²) >= 11 is 0. The minimum Gasteiger partial charge on any atom is -0.481 e. The first kappa shape index (κ1) is 27.0. The maximum absolute atomic E-state index is 15.0. The summed E-state index contributed by atoms with van der Waals surface area (Å²) in [5, 5.41) is 18.2. The van der Waals surface area contributed by atoms with E-state index >= 15 is 8.78 Å². The van der Waals surface area contributed by atoms with Crippen molar-refractivity contribution in [3.63, 3.8) is 0 Å². The highest BCUT2D eigenvalue weighted by Gasteiger charge is 2.59. The number of hydrogen-bond acceptors (Lipinski definition) is 3. The molecule has 0 aliphatic heterocycles. The number of alkyl halides is 2. The van der Waals surface area contributed by atoms with Crippen molar-refractivity contribution in [1.29, 1.82) is 0 Å². The molecule has 3 atom stereocenters. The first-order valence-corrected chi connectivity index (χ1v) is 11.3. The van der Waals surface area contributed by atoms with Crippen LogP contribution >= 0.6 is 7.37 Å². The summed E-state index contributed by atoms with van der Waals surface area (Å²) < 4.78 is 83.6. The number of rotatable bonds is 13. The highest BCUT2D eigenvalue weighted by Crippen LogP contribution is 2.68. The molecular formula is C19H24F5O6P. The van der Waals surface area contributed by atoms with Gasteiger partial charge in [-0.05, 0) is 25.0 Å². The Morgan fingerprint density at radius 1 is 1.03 bits per heavy atom. The second-order valence-electron chi connectivity index (χ2n) is 7.18. The largest absolute Gasteiger partial charge is 0.481 e. The second kappa shape index (κ2) is 11.0. The fraction of sp³-hybridized carbons (Fsp3) is 0.579. The molecule has 0 radical (unpaired) electrons. The van der Waals surface area contributed by atoms with Crippen molar-refractivity contribution in [3.05, 3.63) is 35.1 Å². The molecule has 176 valence electrons. The number of benzene rings is 1. The molecule has 0 aliphatic carbocycles. The molecule has 1 rings (SSSR count). The van der Waals surface area contributed by atoms with E-state index in [9.17, 15) is 37.3 Å². The van der Waals surface area contributed by atoms with Crippen molar-refractivity contribution in [1.82, 2.24) is 0 Å². The van der Waals surface area contributed by atoms with E-state index in [1.807, 2.05) is 6.92 Å². The molecule has 0 amide bonds. The highest BCUT2D eigenvalue weighted by molar-refractivity contribution is 7.59. The van der Waals surface area contributed by atoms with Crippen LogP contribution in [0, 0.1) is 23.4 Å². The van der Waals surface area contributed by atoms with Gasteiger partial charge in [0.1, 0.15) is 0 Å². The Balaban J connectivity index is 3.47. The first-order valence-electron chi connectivity index (χ1n) is 9.57. The van der Waals surface area contributed by atoms with Crippen LogP contribution in [-0.4, -0.2) is 32.7 Å².